The van der Waals surface area contributed by atoms with E-state index in [9.17, 15) is 4.79 Å². The first-order chi connectivity index (χ1) is 5.38. The summed E-state index contributed by atoms with van der Waals surface area (Å²) < 4.78 is 7.57. The van der Waals surface area contributed by atoms with Crippen molar-refractivity contribution in [2.24, 2.45) is 0 Å². The molecule has 11 heavy (non-hydrogen) atoms. The number of benzene rings is 1. The molecular weight excluding hydrogens is 162 g/mol. The molecule has 1 N–H and O–H groups in total. The van der Waals surface area contributed by atoms with Crippen molar-refractivity contribution in [3.8, 4) is 5.75 Å². The van der Waals surface area contributed by atoms with Crippen molar-refractivity contribution < 1.29 is 8.98 Å². The molecule has 1 aromatic rings. The third-order valence-corrected chi connectivity index (χ3v) is 1.93. The average molecular weight is 167 g/mol. The summed E-state index contributed by atoms with van der Waals surface area (Å²) in [5.41, 5.74) is 0.589. The Morgan fingerprint density at radius 3 is 3.00 bits per heavy atom. The lowest BCUT2D eigenvalue weighted by Gasteiger charge is -2.13. The van der Waals surface area contributed by atoms with E-state index < -0.39 is 0 Å². The summed E-state index contributed by atoms with van der Waals surface area (Å²) >= 11 is 0.946. The Kier molecular flexibility index (Phi) is 1.47. The number of hydrogen-bond acceptors (Lipinski definition) is 3. The van der Waals surface area contributed by atoms with E-state index in [4.69, 9.17) is 4.18 Å². The minimum absolute atomic E-state index is 0.100. The van der Waals surface area contributed by atoms with Crippen LogP contribution in [0.15, 0.2) is 24.3 Å². The van der Waals surface area contributed by atoms with E-state index in [2.05, 4.69) is 4.72 Å². The zero-order valence-corrected chi connectivity index (χ0v) is 6.35. The van der Waals surface area contributed by atoms with Gasteiger partial charge in [-0.05, 0) is 12.1 Å². The predicted molar refractivity (Wildman–Crippen MR) is 42.1 cm³/mol. The van der Waals surface area contributed by atoms with Crippen molar-refractivity contribution in [1.29, 1.82) is 0 Å². The summed E-state index contributed by atoms with van der Waals surface area (Å²) in [6, 6.07) is 7.13. The molecule has 0 radical (unpaired) electrons. The first-order valence-corrected chi connectivity index (χ1v) is 3.85. The standard InChI is InChI=1S/C7H5NO2S/c9-7-5-3-1-2-4-6(5)10-11-8-7/h1-4H,(H,8,9). The maximum atomic E-state index is 11.1. The van der Waals surface area contributed by atoms with Crippen LogP contribution in [0, 0.1) is 0 Å². The number of nitrogens with one attached hydrogen (secondary N) is 1. The van der Waals surface area contributed by atoms with Crippen molar-refractivity contribution >= 4 is 18.1 Å². The van der Waals surface area contributed by atoms with Crippen molar-refractivity contribution in [1.82, 2.24) is 4.72 Å². The van der Waals surface area contributed by atoms with Crippen molar-refractivity contribution in [2.75, 3.05) is 0 Å². The molecule has 0 spiro atoms. The van der Waals surface area contributed by atoms with Gasteiger partial charge < -0.3 is 4.18 Å². The Morgan fingerprint density at radius 1 is 1.36 bits per heavy atom. The van der Waals surface area contributed by atoms with E-state index in [0.717, 1.165) is 12.2 Å². The topological polar surface area (TPSA) is 38.3 Å². The third kappa shape index (κ3) is 1.05. The highest BCUT2D eigenvalue weighted by Gasteiger charge is 2.17. The van der Waals surface area contributed by atoms with Gasteiger partial charge in [-0.25, -0.2) is 0 Å². The molecule has 1 heterocycles. The molecule has 2 rings (SSSR count). The van der Waals surface area contributed by atoms with Crippen LogP contribution in [0.1, 0.15) is 10.4 Å². The Bertz CT molecular complexity index is 300. The summed E-state index contributed by atoms with van der Waals surface area (Å²) in [6.45, 7) is 0. The average Bonchev–Trinajstić information content (AvgIpc) is 2.06. The fourth-order valence-electron chi connectivity index (χ4n) is 0.885. The minimum atomic E-state index is -0.100. The van der Waals surface area contributed by atoms with Crippen molar-refractivity contribution in [3.05, 3.63) is 29.8 Å². The van der Waals surface area contributed by atoms with Crippen molar-refractivity contribution in [3.63, 3.8) is 0 Å². The van der Waals surface area contributed by atoms with E-state index in [1.165, 1.54) is 0 Å². The Morgan fingerprint density at radius 2 is 2.18 bits per heavy atom. The Hall–Kier alpha value is -1.16. The van der Waals surface area contributed by atoms with Gasteiger partial charge in [-0.2, -0.15) is 0 Å². The zero-order valence-electron chi connectivity index (χ0n) is 5.53. The van der Waals surface area contributed by atoms with Gasteiger partial charge in [-0.1, -0.05) is 12.1 Å². The predicted octanol–water partition coefficient (Wildman–Crippen LogP) is 1.37. The molecular formula is C7H5NO2S. The van der Waals surface area contributed by atoms with Gasteiger partial charge >= 0.3 is 0 Å². The van der Waals surface area contributed by atoms with Gasteiger partial charge in [0, 0.05) is 0 Å². The minimum Gasteiger partial charge on any atom is -0.405 e. The van der Waals surface area contributed by atoms with Crippen LogP contribution in [0.4, 0.5) is 0 Å². The smallest absolute Gasteiger partial charge is 0.267 e. The highest BCUT2D eigenvalue weighted by Crippen LogP contribution is 2.24. The molecule has 3 nitrogen and oxygen atoms in total. The number of fused-ring (bicyclic) bond motifs is 1. The molecule has 1 amide bonds. The van der Waals surface area contributed by atoms with Crippen LogP contribution in [0.3, 0.4) is 0 Å². The monoisotopic (exact) mass is 167 g/mol. The van der Waals surface area contributed by atoms with Crippen LogP contribution in [0.2, 0.25) is 0 Å². The van der Waals surface area contributed by atoms with Crippen LogP contribution < -0.4 is 8.91 Å². The molecule has 0 unspecified atom stereocenters. The highest BCUT2D eigenvalue weighted by molar-refractivity contribution is 7.93. The van der Waals surface area contributed by atoms with Crippen LogP contribution in [0.25, 0.3) is 0 Å². The van der Waals surface area contributed by atoms with Gasteiger partial charge in [0.2, 0.25) is 0 Å². The lowest BCUT2D eigenvalue weighted by molar-refractivity contribution is 0.0977. The number of amides is 1. The maximum absolute atomic E-state index is 11.1. The molecule has 0 atom stereocenters. The quantitative estimate of drug-likeness (QED) is 0.468. The van der Waals surface area contributed by atoms with E-state index in [-0.39, 0.29) is 5.91 Å². The zero-order chi connectivity index (χ0) is 7.68. The maximum Gasteiger partial charge on any atom is 0.267 e. The summed E-state index contributed by atoms with van der Waals surface area (Å²) in [5.74, 6) is 0.526. The molecule has 0 saturated carbocycles. The highest BCUT2D eigenvalue weighted by atomic mass is 32.2. The molecule has 0 saturated heterocycles. The summed E-state index contributed by atoms with van der Waals surface area (Å²) in [6.07, 6.45) is 0. The SMILES string of the molecule is O=C1NSOc2ccccc21. The summed E-state index contributed by atoms with van der Waals surface area (Å²) in [5, 5.41) is 0. The van der Waals surface area contributed by atoms with Gasteiger partial charge in [0.1, 0.15) is 0 Å². The van der Waals surface area contributed by atoms with E-state index in [1.54, 1.807) is 18.2 Å². The second kappa shape index (κ2) is 2.47. The Balaban J connectivity index is 2.52. The fourth-order valence-corrected chi connectivity index (χ4v) is 1.35. The molecule has 4 heteroatoms. The van der Waals surface area contributed by atoms with E-state index in [0.29, 0.717) is 11.3 Å². The van der Waals surface area contributed by atoms with Gasteiger partial charge in [0.25, 0.3) is 5.91 Å². The lowest BCUT2D eigenvalue weighted by Crippen LogP contribution is -2.22. The van der Waals surface area contributed by atoms with E-state index >= 15 is 0 Å². The Labute approximate surface area is 68.1 Å². The number of carbonyl (C=O) groups is 1. The van der Waals surface area contributed by atoms with Gasteiger partial charge in [-0.3, -0.25) is 9.52 Å². The molecule has 1 aliphatic heterocycles. The van der Waals surface area contributed by atoms with Gasteiger partial charge in [0.15, 0.2) is 18.0 Å². The van der Waals surface area contributed by atoms with Crippen molar-refractivity contribution in [2.45, 2.75) is 0 Å². The molecule has 0 aromatic heterocycles. The third-order valence-electron chi connectivity index (χ3n) is 1.40. The van der Waals surface area contributed by atoms with Crippen LogP contribution >= 0.6 is 12.2 Å². The molecule has 1 aromatic carbocycles. The largest absolute Gasteiger partial charge is 0.405 e. The number of rotatable bonds is 0. The van der Waals surface area contributed by atoms with Crippen LogP contribution in [-0.2, 0) is 0 Å². The van der Waals surface area contributed by atoms with Crippen LogP contribution in [-0.4, -0.2) is 5.91 Å². The number of hydrogen-bond donors (Lipinski definition) is 1. The fraction of sp³-hybridized carbons (Fsp3) is 0. The molecule has 0 aliphatic carbocycles. The molecule has 0 fully saturated rings. The van der Waals surface area contributed by atoms with Gasteiger partial charge in [-0.15, -0.1) is 0 Å². The normalized spacial score (nSPS) is 14.7. The lowest BCUT2D eigenvalue weighted by atomic mass is 10.2. The summed E-state index contributed by atoms with van der Waals surface area (Å²) in [7, 11) is 0. The number of para-hydroxylation sites is 1. The first kappa shape index (κ1) is 6.54. The second-order valence-corrected chi connectivity index (χ2v) is 2.63. The van der Waals surface area contributed by atoms with Crippen LogP contribution in [0.5, 0.6) is 5.75 Å². The molecule has 1 aliphatic rings. The van der Waals surface area contributed by atoms with E-state index in [1.807, 2.05) is 6.07 Å². The molecule has 56 valence electrons. The second-order valence-electron chi connectivity index (χ2n) is 2.09. The van der Waals surface area contributed by atoms with Gasteiger partial charge in [0.05, 0.1) is 5.56 Å². The first-order valence-electron chi connectivity index (χ1n) is 3.11. The summed E-state index contributed by atoms with van der Waals surface area (Å²) in [4.78, 5) is 11.1. The number of carbonyl (C=O) groups excluding carboxylic acids is 1. The molecule has 0 bridgehead atoms.